The van der Waals surface area contributed by atoms with Gasteiger partial charge in [0.1, 0.15) is 0 Å². The van der Waals surface area contributed by atoms with Crippen LogP contribution in [0.15, 0.2) is 18.5 Å². The van der Waals surface area contributed by atoms with E-state index < -0.39 is 0 Å². The van der Waals surface area contributed by atoms with Crippen LogP contribution in [0.5, 0.6) is 0 Å². The van der Waals surface area contributed by atoms with Crippen LogP contribution >= 0.6 is 0 Å². The van der Waals surface area contributed by atoms with E-state index in [1.54, 1.807) is 6.20 Å². The summed E-state index contributed by atoms with van der Waals surface area (Å²) in [6.07, 6.45) is 3.79. The Hall–Kier alpha value is -0.870. The van der Waals surface area contributed by atoms with Gasteiger partial charge in [-0.3, -0.25) is 4.68 Å². The molecule has 0 aromatic carbocycles. The highest BCUT2D eigenvalue weighted by Gasteiger charge is 2.00. The molecule has 0 radical (unpaired) electrons. The maximum atomic E-state index is 5.49. The Morgan fingerprint density at radius 3 is 2.85 bits per heavy atom. The summed E-state index contributed by atoms with van der Waals surface area (Å²) in [5.41, 5.74) is 5.49. The molecule has 0 fully saturated rings. The zero-order chi connectivity index (χ0) is 9.52. The molecule has 0 bridgehead atoms. The van der Waals surface area contributed by atoms with Gasteiger partial charge in [0, 0.05) is 32.0 Å². The molecule has 1 aromatic rings. The number of nitrogens with zero attached hydrogens (tertiary/aromatic N) is 3. The van der Waals surface area contributed by atoms with Crippen molar-refractivity contribution >= 4 is 0 Å². The number of hydrogen-bond acceptors (Lipinski definition) is 3. The second kappa shape index (κ2) is 5.72. The van der Waals surface area contributed by atoms with Crippen LogP contribution in [0.4, 0.5) is 0 Å². The average Bonchev–Trinajstić information content (AvgIpc) is 2.64. The Labute approximate surface area is 79.3 Å². The van der Waals surface area contributed by atoms with Crippen molar-refractivity contribution in [2.24, 2.45) is 5.73 Å². The molecule has 1 aromatic heterocycles. The first kappa shape index (κ1) is 10.2. The molecule has 1 rings (SSSR count). The van der Waals surface area contributed by atoms with Gasteiger partial charge in [0.2, 0.25) is 0 Å². The first-order valence-corrected chi connectivity index (χ1v) is 4.76. The van der Waals surface area contributed by atoms with Crippen molar-refractivity contribution in [2.45, 2.75) is 13.5 Å². The molecule has 0 spiro atoms. The van der Waals surface area contributed by atoms with E-state index >= 15 is 0 Å². The van der Waals surface area contributed by atoms with Gasteiger partial charge < -0.3 is 10.6 Å². The molecule has 0 unspecified atom stereocenters. The number of aromatic nitrogens is 2. The Bertz CT molecular complexity index is 207. The second-order valence-corrected chi connectivity index (χ2v) is 2.99. The molecule has 0 aliphatic rings. The monoisotopic (exact) mass is 182 g/mol. The predicted octanol–water partition coefficient (Wildman–Crippen LogP) is 0.164. The highest BCUT2D eigenvalue weighted by Crippen LogP contribution is 1.90. The lowest BCUT2D eigenvalue weighted by atomic mass is 10.4. The van der Waals surface area contributed by atoms with E-state index in [4.69, 9.17) is 5.73 Å². The standard InChI is InChI=1S/C9H18N4/c1-2-12(7-4-10)8-9-13-6-3-5-11-13/h3,5-6H,2,4,7-10H2,1H3. The summed E-state index contributed by atoms with van der Waals surface area (Å²) >= 11 is 0. The van der Waals surface area contributed by atoms with Gasteiger partial charge in [-0.25, -0.2) is 0 Å². The van der Waals surface area contributed by atoms with Crippen LogP contribution in [-0.2, 0) is 6.54 Å². The van der Waals surface area contributed by atoms with Crippen LogP contribution < -0.4 is 5.73 Å². The lowest BCUT2D eigenvalue weighted by molar-refractivity contribution is 0.278. The molecule has 0 amide bonds. The largest absolute Gasteiger partial charge is 0.329 e. The highest BCUT2D eigenvalue weighted by atomic mass is 15.3. The summed E-state index contributed by atoms with van der Waals surface area (Å²) in [4.78, 5) is 2.32. The maximum Gasteiger partial charge on any atom is 0.0536 e. The SMILES string of the molecule is CCN(CCN)CCn1cccn1. The summed E-state index contributed by atoms with van der Waals surface area (Å²) in [5, 5.41) is 4.14. The van der Waals surface area contributed by atoms with Crippen molar-refractivity contribution in [3.05, 3.63) is 18.5 Å². The van der Waals surface area contributed by atoms with E-state index in [0.29, 0.717) is 0 Å². The molecule has 0 atom stereocenters. The van der Waals surface area contributed by atoms with Gasteiger partial charge in [0.25, 0.3) is 0 Å². The fourth-order valence-electron chi connectivity index (χ4n) is 1.29. The molecule has 2 N–H and O–H groups in total. The van der Waals surface area contributed by atoms with Gasteiger partial charge in [-0.1, -0.05) is 6.92 Å². The molecular weight excluding hydrogens is 164 g/mol. The van der Waals surface area contributed by atoms with Crippen LogP contribution in [0.1, 0.15) is 6.92 Å². The van der Waals surface area contributed by atoms with Gasteiger partial charge in [-0.15, -0.1) is 0 Å². The van der Waals surface area contributed by atoms with E-state index in [1.165, 1.54) is 0 Å². The van der Waals surface area contributed by atoms with Gasteiger partial charge in [0.15, 0.2) is 0 Å². The van der Waals surface area contributed by atoms with Crippen molar-refractivity contribution < 1.29 is 0 Å². The molecule has 4 nitrogen and oxygen atoms in total. The summed E-state index contributed by atoms with van der Waals surface area (Å²) < 4.78 is 1.94. The minimum atomic E-state index is 0.729. The molecule has 1 heterocycles. The molecule has 4 heteroatoms. The average molecular weight is 182 g/mol. The molecule has 0 aliphatic carbocycles. The number of hydrogen-bond donors (Lipinski definition) is 1. The lowest BCUT2D eigenvalue weighted by Crippen LogP contribution is -2.32. The van der Waals surface area contributed by atoms with Crippen molar-refractivity contribution in [1.29, 1.82) is 0 Å². The summed E-state index contributed by atoms with van der Waals surface area (Å²) in [7, 11) is 0. The summed E-state index contributed by atoms with van der Waals surface area (Å²) in [6.45, 7) is 6.87. The predicted molar refractivity (Wildman–Crippen MR) is 53.4 cm³/mol. The topological polar surface area (TPSA) is 47.1 Å². The van der Waals surface area contributed by atoms with E-state index in [1.807, 2.05) is 16.9 Å². The van der Waals surface area contributed by atoms with Crippen LogP contribution in [0.3, 0.4) is 0 Å². The van der Waals surface area contributed by atoms with Crippen molar-refractivity contribution in [2.75, 3.05) is 26.2 Å². The molecule has 0 aliphatic heterocycles. The molecule has 0 saturated carbocycles. The zero-order valence-electron chi connectivity index (χ0n) is 8.19. The third kappa shape index (κ3) is 3.57. The molecule has 0 saturated heterocycles. The Kier molecular flexibility index (Phi) is 4.49. The first-order chi connectivity index (χ1) is 6.36. The summed E-state index contributed by atoms with van der Waals surface area (Å²) in [6, 6.07) is 1.94. The molecule has 74 valence electrons. The van der Waals surface area contributed by atoms with Gasteiger partial charge in [-0.2, -0.15) is 5.10 Å². The van der Waals surface area contributed by atoms with E-state index in [9.17, 15) is 0 Å². The zero-order valence-corrected chi connectivity index (χ0v) is 8.19. The van der Waals surface area contributed by atoms with Gasteiger partial charge in [-0.05, 0) is 12.6 Å². The van der Waals surface area contributed by atoms with E-state index in [-0.39, 0.29) is 0 Å². The van der Waals surface area contributed by atoms with Gasteiger partial charge >= 0.3 is 0 Å². The quantitative estimate of drug-likeness (QED) is 0.682. The fraction of sp³-hybridized carbons (Fsp3) is 0.667. The maximum absolute atomic E-state index is 5.49. The smallest absolute Gasteiger partial charge is 0.0536 e. The van der Waals surface area contributed by atoms with Crippen molar-refractivity contribution in [3.8, 4) is 0 Å². The third-order valence-corrected chi connectivity index (χ3v) is 2.10. The van der Waals surface area contributed by atoms with Crippen LogP contribution in [0, 0.1) is 0 Å². The van der Waals surface area contributed by atoms with E-state index in [0.717, 1.165) is 32.7 Å². The Morgan fingerprint density at radius 1 is 1.46 bits per heavy atom. The van der Waals surface area contributed by atoms with E-state index in [2.05, 4.69) is 16.9 Å². The minimum absolute atomic E-state index is 0.729. The molecular formula is C9H18N4. The lowest BCUT2D eigenvalue weighted by Gasteiger charge is -2.18. The van der Waals surface area contributed by atoms with Crippen LogP contribution in [0.2, 0.25) is 0 Å². The molecule has 13 heavy (non-hydrogen) atoms. The minimum Gasteiger partial charge on any atom is -0.329 e. The first-order valence-electron chi connectivity index (χ1n) is 4.76. The van der Waals surface area contributed by atoms with Crippen LogP contribution in [-0.4, -0.2) is 40.9 Å². The Balaban J connectivity index is 2.23. The highest BCUT2D eigenvalue weighted by molar-refractivity contribution is 4.77. The van der Waals surface area contributed by atoms with Crippen LogP contribution in [0.25, 0.3) is 0 Å². The van der Waals surface area contributed by atoms with Gasteiger partial charge in [0.05, 0.1) is 6.54 Å². The summed E-state index contributed by atoms with van der Waals surface area (Å²) in [5.74, 6) is 0. The third-order valence-electron chi connectivity index (χ3n) is 2.10. The van der Waals surface area contributed by atoms with Crippen molar-refractivity contribution in [3.63, 3.8) is 0 Å². The normalized spacial score (nSPS) is 11.0. The Morgan fingerprint density at radius 2 is 2.31 bits per heavy atom. The second-order valence-electron chi connectivity index (χ2n) is 2.99. The number of nitrogens with two attached hydrogens (primary N) is 1. The van der Waals surface area contributed by atoms with Crippen molar-refractivity contribution in [1.82, 2.24) is 14.7 Å². The fourth-order valence-corrected chi connectivity index (χ4v) is 1.29. The number of rotatable bonds is 6. The number of likely N-dealkylation sites (N-methyl/N-ethyl adjacent to an activating group) is 1.